The van der Waals surface area contributed by atoms with E-state index in [-0.39, 0.29) is 11.6 Å². The van der Waals surface area contributed by atoms with Crippen LogP contribution in [0, 0.1) is 31.6 Å². The lowest BCUT2D eigenvalue weighted by atomic mass is 9.53. The van der Waals surface area contributed by atoms with E-state index in [2.05, 4.69) is 53.2 Å². The van der Waals surface area contributed by atoms with E-state index in [4.69, 9.17) is 9.97 Å². The molecule has 5 aliphatic rings. The predicted molar refractivity (Wildman–Crippen MR) is 148 cm³/mol. The molecule has 2 aromatic rings. The van der Waals surface area contributed by atoms with E-state index in [0.29, 0.717) is 0 Å². The van der Waals surface area contributed by atoms with Gasteiger partial charge in [0.15, 0.2) is 0 Å². The van der Waals surface area contributed by atoms with Gasteiger partial charge in [-0.1, -0.05) is 36.8 Å². The molecule has 37 heavy (non-hydrogen) atoms. The maximum absolute atomic E-state index is 13.5. The SMILES string of the molecule is CCc1nc(C)nc(N2CCCN(C(=O)NC34CC5CC(CC(C5)C3)C4)CC2)c1Cc1ccc(C)cc1. The van der Waals surface area contributed by atoms with Gasteiger partial charge in [-0.25, -0.2) is 14.8 Å². The van der Waals surface area contributed by atoms with E-state index >= 15 is 0 Å². The van der Waals surface area contributed by atoms with Crippen molar-refractivity contribution in [2.75, 3.05) is 31.1 Å². The Labute approximate surface area is 222 Å². The van der Waals surface area contributed by atoms with Crippen LogP contribution < -0.4 is 10.2 Å². The van der Waals surface area contributed by atoms with Crippen molar-refractivity contribution in [3.05, 3.63) is 52.5 Å². The monoisotopic (exact) mass is 501 g/mol. The highest BCUT2D eigenvalue weighted by Gasteiger charge is 2.51. The third kappa shape index (κ3) is 5.08. The zero-order valence-corrected chi connectivity index (χ0v) is 22.9. The highest BCUT2D eigenvalue weighted by molar-refractivity contribution is 5.75. The molecular weight excluding hydrogens is 458 g/mol. The summed E-state index contributed by atoms with van der Waals surface area (Å²) in [6.07, 6.45) is 10.5. The molecule has 4 aliphatic carbocycles. The fourth-order valence-corrected chi connectivity index (χ4v) is 8.18. The number of carbonyl (C=O) groups excluding carboxylic acids is 1. The fraction of sp³-hybridized carbons (Fsp3) is 0.645. The first-order valence-electron chi connectivity index (χ1n) is 14.6. The van der Waals surface area contributed by atoms with Crippen molar-refractivity contribution in [3.8, 4) is 0 Å². The minimum absolute atomic E-state index is 0.0683. The molecule has 4 bridgehead atoms. The Morgan fingerprint density at radius 2 is 1.62 bits per heavy atom. The van der Waals surface area contributed by atoms with Gasteiger partial charge in [-0.3, -0.25) is 0 Å². The smallest absolute Gasteiger partial charge is 0.317 e. The number of carbonyl (C=O) groups is 1. The molecule has 1 saturated heterocycles. The zero-order valence-electron chi connectivity index (χ0n) is 22.9. The lowest BCUT2D eigenvalue weighted by Crippen LogP contribution is -2.62. The Bertz CT molecular complexity index is 1110. The molecule has 0 atom stereocenters. The van der Waals surface area contributed by atoms with Gasteiger partial charge in [0, 0.05) is 49.4 Å². The first-order chi connectivity index (χ1) is 17.9. The molecule has 1 aliphatic heterocycles. The number of hydrogen-bond donors (Lipinski definition) is 1. The van der Waals surface area contributed by atoms with Gasteiger partial charge in [0.25, 0.3) is 0 Å². The molecule has 0 unspecified atom stereocenters. The Morgan fingerprint density at radius 1 is 0.946 bits per heavy atom. The fourth-order valence-electron chi connectivity index (χ4n) is 8.18. The molecule has 198 valence electrons. The van der Waals surface area contributed by atoms with Gasteiger partial charge in [0.05, 0.1) is 0 Å². The number of urea groups is 1. The van der Waals surface area contributed by atoms with E-state index in [1.54, 1.807) is 0 Å². The average Bonchev–Trinajstić information content (AvgIpc) is 3.11. The van der Waals surface area contributed by atoms with Crippen molar-refractivity contribution in [2.45, 2.75) is 84.1 Å². The van der Waals surface area contributed by atoms with Gasteiger partial charge in [-0.15, -0.1) is 0 Å². The summed E-state index contributed by atoms with van der Waals surface area (Å²) < 4.78 is 0. The standard InChI is InChI=1S/C31H43N5O/c1-4-28-27(17-23-8-6-21(2)7-9-23)29(33-22(3)32-28)35-10-5-11-36(13-12-35)30(37)34-31-18-24-14-25(19-31)16-26(15-24)20-31/h6-9,24-26H,4-5,10-20H2,1-3H3,(H,34,37). The molecule has 1 aromatic carbocycles. The lowest BCUT2D eigenvalue weighted by Gasteiger charge is -2.57. The van der Waals surface area contributed by atoms with Crippen molar-refractivity contribution >= 4 is 11.8 Å². The second kappa shape index (κ2) is 9.92. The molecule has 2 amide bonds. The number of amides is 2. The summed E-state index contributed by atoms with van der Waals surface area (Å²) in [5.74, 6) is 4.42. The van der Waals surface area contributed by atoms with Crippen molar-refractivity contribution in [1.29, 1.82) is 0 Å². The summed E-state index contributed by atoms with van der Waals surface area (Å²) in [5, 5.41) is 3.60. The zero-order chi connectivity index (χ0) is 25.6. The van der Waals surface area contributed by atoms with Gasteiger partial charge >= 0.3 is 6.03 Å². The Kier molecular flexibility index (Phi) is 6.62. The summed E-state index contributed by atoms with van der Waals surface area (Å²) in [5.41, 5.74) is 5.02. The van der Waals surface area contributed by atoms with Gasteiger partial charge in [-0.05, 0) is 88.5 Å². The van der Waals surface area contributed by atoms with Crippen LogP contribution in [0.25, 0.3) is 0 Å². The molecular formula is C31H43N5O. The van der Waals surface area contributed by atoms with Crippen molar-refractivity contribution in [3.63, 3.8) is 0 Å². The molecule has 0 radical (unpaired) electrons. The van der Waals surface area contributed by atoms with Crippen LogP contribution in [0.4, 0.5) is 10.6 Å². The largest absolute Gasteiger partial charge is 0.354 e. The van der Waals surface area contributed by atoms with E-state index < -0.39 is 0 Å². The van der Waals surface area contributed by atoms with Crippen LogP contribution in [-0.2, 0) is 12.8 Å². The van der Waals surface area contributed by atoms with Crippen LogP contribution in [0.3, 0.4) is 0 Å². The molecule has 7 rings (SSSR count). The third-order valence-electron chi connectivity index (χ3n) is 9.51. The van der Waals surface area contributed by atoms with E-state index in [1.807, 2.05) is 6.92 Å². The minimum Gasteiger partial charge on any atom is -0.354 e. The summed E-state index contributed by atoms with van der Waals surface area (Å²) in [6.45, 7) is 9.60. The van der Waals surface area contributed by atoms with Crippen LogP contribution in [0.5, 0.6) is 0 Å². The maximum Gasteiger partial charge on any atom is 0.317 e. The number of benzene rings is 1. The van der Waals surface area contributed by atoms with Gasteiger partial charge in [0.2, 0.25) is 0 Å². The molecule has 0 spiro atoms. The highest BCUT2D eigenvalue weighted by Crippen LogP contribution is 2.55. The van der Waals surface area contributed by atoms with E-state index in [9.17, 15) is 4.79 Å². The van der Waals surface area contributed by atoms with Crippen molar-refractivity contribution in [2.24, 2.45) is 17.8 Å². The molecule has 4 saturated carbocycles. The van der Waals surface area contributed by atoms with Crippen LogP contribution in [0.1, 0.15) is 80.1 Å². The van der Waals surface area contributed by atoms with Crippen molar-refractivity contribution < 1.29 is 4.79 Å². The molecule has 1 aromatic heterocycles. The number of aromatic nitrogens is 2. The number of nitrogens with zero attached hydrogens (tertiary/aromatic N) is 4. The van der Waals surface area contributed by atoms with Crippen LogP contribution in [0.2, 0.25) is 0 Å². The second-order valence-corrected chi connectivity index (χ2v) is 12.5. The Hall–Kier alpha value is -2.63. The summed E-state index contributed by atoms with van der Waals surface area (Å²) in [7, 11) is 0. The van der Waals surface area contributed by atoms with Gasteiger partial charge in [-0.2, -0.15) is 0 Å². The first-order valence-corrected chi connectivity index (χ1v) is 14.6. The third-order valence-corrected chi connectivity index (χ3v) is 9.51. The highest BCUT2D eigenvalue weighted by atomic mass is 16.2. The number of aryl methyl sites for hydroxylation is 3. The van der Waals surface area contributed by atoms with Gasteiger partial charge in [0.1, 0.15) is 11.6 Å². The first kappa shape index (κ1) is 24.7. The minimum atomic E-state index is 0.0683. The quantitative estimate of drug-likeness (QED) is 0.593. The van der Waals surface area contributed by atoms with Crippen LogP contribution in [0.15, 0.2) is 24.3 Å². The van der Waals surface area contributed by atoms with Crippen LogP contribution in [-0.4, -0.2) is 52.6 Å². The second-order valence-electron chi connectivity index (χ2n) is 12.5. The molecule has 2 heterocycles. The van der Waals surface area contributed by atoms with E-state index in [1.165, 1.54) is 55.2 Å². The lowest BCUT2D eigenvalue weighted by molar-refractivity contribution is -0.0155. The van der Waals surface area contributed by atoms with Crippen molar-refractivity contribution in [1.82, 2.24) is 20.2 Å². The summed E-state index contributed by atoms with van der Waals surface area (Å²) >= 11 is 0. The maximum atomic E-state index is 13.5. The summed E-state index contributed by atoms with van der Waals surface area (Å²) in [6, 6.07) is 8.97. The topological polar surface area (TPSA) is 61.4 Å². The normalized spacial score (nSPS) is 28.9. The Morgan fingerprint density at radius 3 is 2.27 bits per heavy atom. The average molecular weight is 502 g/mol. The summed E-state index contributed by atoms with van der Waals surface area (Å²) in [4.78, 5) is 27.8. The molecule has 5 fully saturated rings. The van der Waals surface area contributed by atoms with E-state index in [0.717, 1.165) is 80.5 Å². The Balaban J connectivity index is 1.17. The number of nitrogens with one attached hydrogen (secondary N) is 1. The molecule has 1 N–H and O–H groups in total. The molecule has 6 nitrogen and oxygen atoms in total. The number of rotatable bonds is 5. The molecule has 6 heteroatoms. The van der Waals surface area contributed by atoms with Crippen LogP contribution >= 0.6 is 0 Å². The number of hydrogen-bond acceptors (Lipinski definition) is 4. The number of anilines is 1. The van der Waals surface area contributed by atoms with Gasteiger partial charge < -0.3 is 15.1 Å². The predicted octanol–water partition coefficient (Wildman–Crippen LogP) is 5.44.